The van der Waals surface area contributed by atoms with Crippen LogP contribution in [0, 0.1) is 0 Å². The van der Waals surface area contributed by atoms with E-state index in [0.29, 0.717) is 6.42 Å². The Morgan fingerprint density at radius 2 is 2.00 bits per heavy atom. The molecule has 19 heavy (non-hydrogen) atoms. The van der Waals surface area contributed by atoms with Crippen LogP contribution in [-0.2, 0) is 6.42 Å². The van der Waals surface area contributed by atoms with E-state index in [-0.39, 0.29) is 5.78 Å². The summed E-state index contributed by atoms with van der Waals surface area (Å²) in [6.45, 7) is 0. The Bertz CT molecular complexity index is 745. The zero-order valence-corrected chi connectivity index (χ0v) is 11.8. The third-order valence-corrected chi connectivity index (χ3v) is 3.62. The van der Waals surface area contributed by atoms with Crippen molar-refractivity contribution in [3.63, 3.8) is 0 Å². The van der Waals surface area contributed by atoms with Crippen molar-refractivity contribution in [1.29, 1.82) is 0 Å². The lowest BCUT2D eigenvalue weighted by molar-refractivity contribution is 0.0993. The van der Waals surface area contributed by atoms with Gasteiger partial charge in [0.2, 0.25) is 0 Å². The molecule has 1 aromatic heterocycles. The van der Waals surface area contributed by atoms with E-state index in [1.165, 1.54) is 0 Å². The first kappa shape index (κ1) is 12.2. The molecule has 3 heteroatoms. The van der Waals surface area contributed by atoms with Gasteiger partial charge in [-0.25, -0.2) is 0 Å². The molecule has 0 spiro atoms. The number of fused-ring (bicyclic) bond motifs is 1. The molecule has 0 bridgehead atoms. The summed E-state index contributed by atoms with van der Waals surface area (Å²) in [5, 5.41) is 1.14. The Labute approximate surface area is 119 Å². The predicted molar refractivity (Wildman–Crippen MR) is 80.5 cm³/mol. The van der Waals surface area contributed by atoms with Gasteiger partial charge in [-0.1, -0.05) is 34.1 Å². The van der Waals surface area contributed by atoms with E-state index in [4.69, 9.17) is 0 Å². The number of carbonyl (C=O) groups excluding carboxylic acids is 1. The molecule has 0 aliphatic heterocycles. The SMILES string of the molecule is O=C(Cc1ccc2[nH]ccc2c1)c1cccc(Br)c1. The average molecular weight is 314 g/mol. The topological polar surface area (TPSA) is 32.9 Å². The third kappa shape index (κ3) is 2.61. The van der Waals surface area contributed by atoms with Crippen LogP contribution in [0.2, 0.25) is 0 Å². The largest absolute Gasteiger partial charge is 0.361 e. The lowest BCUT2D eigenvalue weighted by atomic mass is 10.0. The maximum Gasteiger partial charge on any atom is 0.167 e. The van der Waals surface area contributed by atoms with Gasteiger partial charge in [0.15, 0.2) is 5.78 Å². The molecule has 1 heterocycles. The highest BCUT2D eigenvalue weighted by Crippen LogP contribution is 2.17. The fraction of sp³-hybridized carbons (Fsp3) is 0.0625. The highest BCUT2D eigenvalue weighted by Gasteiger charge is 2.08. The lowest BCUT2D eigenvalue weighted by Gasteiger charge is -2.03. The minimum Gasteiger partial charge on any atom is -0.361 e. The number of aromatic nitrogens is 1. The summed E-state index contributed by atoms with van der Waals surface area (Å²) in [6.07, 6.45) is 2.34. The summed E-state index contributed by atoms with van der Waals surface area (Å²) in [7, 11) is 0. The van der Waals surface area contributed by atoms with Crippen molar-refractivity contribution in [3.05, 3.63) is 70.3 Å². The summed E-state index contributed by atoms with van der Waals surface area (Å²) in [5.41, 5.74) is 2.87. The van der Waals surface area contributed by atoms with Gasteiger partial charge in [0.1, 0.15) is 0 Å². The standard InChI is InChI=1S/C16H12BrNO/c17-14-3-1-2-13(10-14)16(19)9-11-4-5-15-12(8-11)6-7-18-15/h1-8,10,18H,9H2. The Morgan fingerprint density at radius 1 is 1.11 bits per heavy atom. The minimum atomic E-state index is 0.135. The van der Waals surface area contributed by atoms with Crippen molar-refractivity contribution in [2.75, 3.05) is 0 Å². The molecule has 2 aromatic carbocycles. The minimum absolute atomic E-state index is 0.135. The van der Waals surface area contributed by atoms with Gasteiger partial charge in [0.05, 0.1) is 0 Å². The fourth-order valence-corrected chi connectivity index (χ4v) is 2.56. The van der Waals surface area contributed by atoms with Gasteiger partial charge in [-0.05, 0) is 41.3 Å². The van der Waals surface area contributed by atoms with Gasteiger partial charge in [0.25, 0.3) is 0 Å². The van der Waals surface area contributed by atoms with Crippen LogP contribution in [-0.4, -0.2) is 10.8 Å². The van der Waals surface area contributed by atoms with E-state index < -0.39 is 0 Å². The van der Waals surface area contributed by atoms with Crippen LogP contribution < -0.4 is 0 Å². The quantitative estimate of drug-likeness (QED) is 0.716. The van der Waals surface area contributed by atoms with Crippen LogP contribution in [0.1, 0.15) is 15.9 Å². The molecule has 0 aliphatic carbocycles. The Kier molecular flexibility index (Phi) is 3.22. The number of rotatable bonds is 3. The van der Waals surface area contributed by atoms with Crippen LogP contribution >= 0.6 is 15.9 Å². The van der Waals surface area contributed by atoms with Gasteiger partial charge in [0, 0.05) is 28.2 Å². The molecule has 0 saturated carbocycles. The van der Waals surface area contributed by atoms with E-state index >= 15 is 0 Å². The van der Waals surface area contributed by atoms with E-state index in [0.717, 1.165) is 26.5 Å². The molecule has 0 fully saturated rings. The first-order chi connectivity index (χ1) is 9.22. The number of nitrogens with one attached hydrogen (secondary N) is 1. The number of aromatic amines is 1. The van der Waals surface area contributed by atoms with E-state index in [9.17, 15) is 4.79 Å². The van der Waals surface area contributed by atoms with Gasteiger partial charge in [-0.3, -0.25) is 4.79 Å². The zero-order chi connectivity index (χ0) is 13.2. The van der Waals surface area contributed by atoms with Crippen molar-refractivity contribution >= 4 is 32.6 Å². The van der Waals surface area contributed by atoms with Crippen LogP contribution in [0.15, 0.2) is 59.2 Å². The molecular weight excluding hydrogens is 302 g/mol. The normalized spacial score (nSPS) is 10.8. The number of Topliss-reactive ketones (excluding diaryl/α,β-unsaturated/α-hetero) is 1. The number of halogens is 1. The van der Waals surface area contributed by atoms with Gasteiger partial charge in [-0.15, -0.1) is 0 Å². The second-order valence-electron chi connectivity index (χ2n) is 4.51. The van der Waals surface area contributed by atoms with Crippen LogP contribution in [0.3, 0.4) is 0 Å². The van der Waals surface area contributed by atoms with E-state index in [1.807, 2.05) is 48.7 Å². The third-order valence-electron chi connectivity index (χ3n) is 3.13. The van der Waals surface area contributed by atoms with Crippen molar-refractivity contribution in [2.24, 2.45) is 0 Å². The number of hydrogen-bond acceptors (Lipinski definition) is 1. The summed E-state index contributed by atoms with van der Waals surface area (Å²) in [5.74, 6) is 0.135. The molecule has 3 aromatic rings. The highest BCUT2D eigenvalue weighted by molar-refractivity contribution is 9.10. The molecule has 94 valence electrons. The average Bonchev–Trinajstić information content (AvgIpc) is 2.86. The van der Waals surface area contributed by atoms with E-state index in [1.54, 1.807) is 0 Å². The van der Waals surface area contributed by atoms with Gasteiger partial charge in [-0.2, -0.15) is 0 Å². The van der Waals surface area contributed by atoms with Crippen LogP contribution in [0.25, 0.3) is 10.9 Å². The Morgan fingerprint density at radius 3 is 2.84 bits per heavy atom. The van der Waals surface area contributed by atoms with E-state index in [2.05, 4.69) is 27.0 Å². The van der Waals surface area contributed by atoms with Crippen molar-refractivity contribution < 1.29 is 4.79 Å². The zero-order valence-electron chi connectivity index (χ0n) is 10.2. The molecule has 1 N–H and O–H groups in total. The highest BCUT2D eigenvalue weighted by atomic mass is 79.9. The van der Waals surface area contributed by atoms with Crippen molar-refractivity contribution in [3.8, 4) is 0 Å². The number of ketones is 1. The maximum atomic E-state index is 12.2. The molecule has 2 nitrogen and oxygen atoms in total. The summed E-state index contributed by atoms with van der Waals surface area (Å²) in [4.78, 5) is 15.4. The molecule has 0 radical (unpaired) electrons. The summed E-state index contributed by atoms with van der Waals surface area (Å²) in [6, 6.07) is 15.6. The molecular formula is C16H12BrNO. The molecule has 3 rings (SSSR count). The number of hydrogen-bond donors (Lipinski definition) is 1. The number of carbonyl (C=O) groups is 1. The fourth-order valence-electron chi connectivity index (χ4n) is 2.16. The molecule has 0 unspecified atom stereocenters. The Hall–Kier alpha value is -1.87. The van der Waals surface area contributed by atoms with Gasteiger partial charge >= 0.3 is 0 Å². The predicted octanol–water partition coefficient (Wildman–Crippen LogP) is 4.36. The molecule has 0 aliphatic rings. The van der Waals surface area contributed by atoms with Crippen LogP contribution in [0.5, 0.6) is 0 Å². The Balaban J connectivity index is 1.86. The molecule has 0 amide bonds. The maximum absolute atomic E-state index is 12.2. The molecule has 0 saturated heterocycles. The second kappa shape index (κ2) is 5.02. The smallest absolute Gasteiger partial charge is 0.167 e. The van der Waals surface area contributed by atoms with Gasteiger partial charge < -0.3 is 4.98 Å². The van der Waals surface area contributed by atoms with Crippen molar-refractivity contribution in [1.82, 2.24) is 4.98 Å². The number of H-pyrrole nitrogens is 1. The number of benzene rings is 2. The molecule has 0 atom stereocenters. The monoisotopic (exact) mass is 313 g/mol. The second-order valence-corrected chi connectivity index (χ2v) is 5.43. The summed E-state index contributed by atoms with van der Waals surface area (Å²) >= 11 is 3.39. The first-order valence-electron chi connectivity index (χ1n) is 6.07. The first-order valence-corrected chi connectivity index (χ1v) is 6.86. The summed E-state index contributed by atoms with van der Waals surface area (Å²) < 4.78 is 0.930. The lowest BCUT2D eigenvalue weighted by Crippen LogP contribution is -2.03. The van der Waals surface area contributed by atoms with Crippen molar-refractivity contribution in [2.45, 2.75) is 6.42 Å². The van der Waals surface area contributed by atoms with Crippen LogP contribution in [0.4, 0.5) is 0 Å².